The van der Waals surface area contributed by atoms with Crippen molar-refractivity contribution in [2.24, 2.45) is 0 Å². The third-order valence-corrected chi connectivity index (χ3v) is 11.4. The third kappa shape index (κ3) is 7.31. The van der Waals surface area contributed by atoms with Gasteiger partial charge in [0.15, 0.2) is 0 Å². The number of nitrogens with one attached hydrogen (secondary N) is 1. The molecule has 6 rings (SSSR count). The van der Waals surface area contributed by atoms with E-state index in [4.69, 9.17) is 4.98 Å². The summed E-state index contributed by atoms with van der Waals surface area (Å²) in [6, 6.07) is 15.5. The van der Waals surface area contributed by atoms with Crippen molar-refractivity contribution in [3.63, 3.8) is 0 Å². The van der Waals surface area contributed by atoms with Crippen molar-refractivity contribution in [1.82, 2.24) is 19.6 Å². The average Bonchev–Trinajstić information content (AvgIpc) is 3.58. The molecular formula is C36H38F4N6O3S. The molecule has 14 heteroatoms. The molecule has 0 saturated carbocycles. The van der Waals surface area contributed by atoms with Crippen molar-refractivity contribution in [2.75, 3.05) is 42.5 Å². The number of aryl methyl sites for hydroxylation is 3. The molecule has 2 saturated heterocycles. The predicted octanol–water partition coefficient (Wildman–Crippen LogP) is 6.02. The molecule has 1 unspecified atom stereocenters. The van der Waals surface area contributed by atoms with Gasteiger partial charge >= 0.3 is 6.18 Å². The molecule has 2 aliphatic heterocycles. The monoisotopic (exact) mass is 710 g/mol. The summed E-state index contributed by atoms with van der Waals surface area (Å²) in [4.78, 5) is 27.0. The van der Waals surface area contributed by atoms with Gasteiger partial charge < -0.3 is 15.1 Å². The number of hydrogen-bond acceptors (Lipinski definition) is 7. The largest absolute Gasteiger partial charge is 0.416 e. The molecule has 0 aliphatic carbocycles. The Morgan fingerprint density at radius 2 is 1.52 bits per heavy atom. The zero-order chi connectivity index (χ0) is 35.8. The van der Waals surface area contributed by atoms with Crippen molar-refractivity contribution in [3.05, 3.63) is 100 Å². The Labute approximate surface area is 289 Å². The van der Waals surface area contributed by atoms with E-state index in [1.165, 1.54) is 22.5 Å². The first-order valence-electron chi connectivity index (χ1n) is 16.4. The van der Waals surface area contributed by atoms with Crippen LogP contribution in [0, 0.1) is 26.6 Å². The molecule has 3 aromatic carbocycles. The SMILES string of the molecule is Cc1cc(C)c(S(=O)(=O)N2CCCC2C(=O)NCc2cc(-c3ccc(C(F)(F)F)cc3)nc(N3CCN(c4ccccc4F)CC3)n2)c(C)c1. The number of sulfonamides is 1. The second-order valence-corrected chi connectivity index (χ2v) is 14.6. The van der Waals surface area contributed by atoms with Crippen molar-refractivity contribution >= 4 is 27.6 Å². The number of aromatic nitrogens is 2. The highest BCUT2D eigenvalue weighted by molar-refractivity contribution is 7.89. The highest BCUT2D eigenvalue weighted by atomic mass is 32.2. The second-order valence-electron chi connectivity index (χ2n) is 12.8. The van der Waals surface area contributed by atoms with Gasteiger partial charge in [-0.1, -0.05) is 42.0 Å². The lowest BCUT2D eigenvalue weighted by molar-refractivity contribution is -0.137. The van der Waals surface area contributed by atoms with Crippen LogP contribution in [0.2, 0.25) is 0 Å². The Balaban J connectivity index is 1.24. The van der Waals surface area contributed by atoms with E-state index in [9.17, 15) is 30.8 Å². The molecule has 0 radical (unpaired) electrons. The Morgan fingerprint density at radius 1 is 0.880 bits per heavy atom. The van der Waals surface area contributed by atoms with Gasteiger partial charge in [0.1, 0.15) is 11.9 Å². The molecule has 264 valence electrons. The fourth-order valence-electron chi connectivity index (χ4n) is 6.83. The molecule has 9 nitrogen and oxygen atoms in total. The zero-order valence-corrected chi connectivity index (χ0v) is 28.8. The number of rotatable bonds is 8. The molecule has 1 aromatic heterocycles. The molecule has 1 amide bonds. The summed E-state index contributed by atoms with van der Waals surface area (Å²) in [5, 5.41) is 2.85. The van der Waals surface area contributed by atoms with Crippen LogP contribution in [0.5, 0.6) is 0 Å². The maximum Gasteiger partial charge on any atom is 0.416 e. The van der Waals surface area contributed by atoms with Crippen LogP contribution in [0.3, 0.4) is 0 Å². The molecular weight excluding hydrogens is 672 g/mol. The van der Waals surface area contributed by atoms with E-state index in [-0.39, 0.29) is 23.8 Å². The van der Waals surface area contributed by atoms with Crippen molar-refractivity contribution in [3.8, 4) is 11.3 Å². The van der Waals surface area contributed by atoms with Crippen LogP contribution in [0.4, 0.5) is 29.2 Å². The van der Waals surface area contributed by atoms with Crippen LogP contribution >= 0.6 is 0 Å². The Kier molecular flexibility index (Phi) is 9.86. The quantitative estimate of drug-likeness (QED) is 0.223. The van der Waals surface area contributed by atoms with E-state index in [0.29, 0.717) is 78.7 Å². The van der Waals surface area contributed by atoms with Gasteiger partial charge in [-0.3, -0.25) is 4.79 Å². The topological polar surface area (TPSA) is 98.7 Å². The molecule has 4 aromatic rings. The van der Waals surface area contributed by atoms with Gasteiger partial charge in [0.2, 0.25) is 21.9 Å². The van der Waals surface area contributed by atoms with Crippen LogP contribution in [0.15, 0.2) is 71.6 Å². The smallest absolute Gasteiger partial charge is 0.366 e. The molecule has 50 heavy (non-hydrogen) atoms. The van der Waals surface area contributed by atoms with E-state index in [1.54, 1.807) is 38.1 Å². The molecule has 3 heterocycles. The number of halogens is 4. The van der Waals surface area contributed by atoms with E-state index >= 15 is 0 Å². The summed E-state index contributed by atoms with van der Waals surface area (Å²) in [7, 11) is -3.97. The number of para-hydroxylation sites is 1. The fourth-order valence-corrected chi connectivity index (χ4v) is 8.90. The van der Waals surface area contributed by atoms with Gasteiger partial charge in [0, 0.05) is 38.3 Å². The van der Waals surface area contributed by atoms with Crippen LogP contribution in [-0.4, -0.2) is 67.4 Å². The number of carbonyl (C=O) groups is 1. The van der Waals surface area contributed by atoms with Crippen LogP contribution in [-0.2, 0) is 27.5 Å². The number of benzene rings is 3. The molecule has 1 N–H and O–H groups in total. The molecule has 0 spiro atoms. The number of anilines is 2. The average molecular weight is 711 g/mol. The Hall–Kier alpha value is -4.56. The summed E-state index contributed by atoms with van der Waals surface area (Å²) in [6.07, 6.45) is -3.62. The first kappa shape index (κ1) is 35.3. The first-order chi connectivity index (χ1) is 23.7. The Bertz CT molecular complexity index is 1970. The number of hydrogen-bond donors (Lipinski definition) is 1. The van der Waals surface area contributed by atoms with Gasteiger partial charge in [-0.25, -0.2) is 22.8 Å². The minimum absolute atomic E-state index is 0.0653. The standard InChI is InChI=1S/C36H38F4N6O3S/c1-23-19-24(2)33(25(3)20-23)50(48,49)46-14-6-9-32(46)34(47)41-22-28-21-30(26-10-12-27(13-11-26)36(38,39)40)43-35(42-28)45-17-15-44(16-18-45)31-8-5-4-7-29(31)37/h4-5,7-8,10-13,19-21,32H,6,9,14-18,22H2,1-3H3,(H,41,47). The summed E-state index contributed by atoms with van der Waals surface area (Å²) >= 11 is 0. The minimum Gasteiger partial charge on any atom is -0.366 e. The number of nitrogens with zero attached hydrogens (tertiary/aromatic N) is 5. The van der Waals surface area contributed by atoms with Gasteiger partial charge in [-0.05, 0) is 75.1 Å². The van der Waals surface area contributed by atoms with Crippen LogP contribution < -0.4 is 15.1 Å². The first-order valence-corrected chi connectivity index (χ1v) is 17.8. The van der Waals surface area contributed by atoms with Gasteiger partial charge in [0.25, 0.3) is 0 Å². The van der Waals surface area contributed by atoms with E-state index in [0.717, 1.165) is 17.7 Å². The van der Waals surface area contributed by atoms with Gasteiger partial charge in [0.05, 0.1) is 34.1 Å². The maximum absolute atomic E-state index is 14.5. The molecule has 2 fully saturated rings. The molecule has 1 atom stereocenters. The number of carbonyl (C=O) groups excluding carboxylic acids is 1. The zero-order valence-electron chi connectivity index (χ0n) is 28.0. The summed E-state index contributed by atoms with van der Waals surface area (Å²) in [6.45, 7) is 7.39. The normalized spacial score (nSPS) is 17.3. The number of amides is 1. The molecule has 2 aliphatic rings. The summed E-state index contributed by atoms with van der Waals surface area (Å²) < 4.78 is 83.3. The van der Waals surface area contributed by atoms with Gasteiger partial charge in [-0.2, -0.15) is 17.5 Å². The fraction of sp³-hybridized carbons (Fsp3) is 0.361. The number of piperazine rings is 1. The lowest BCUT2D eigenvalue weighted by atomic mass is 10.1. The second kappa shape index (κ2) is 14.0. The van der Waals surface area contributed by atoms with E-state index in [2.05, 4.69) is 10.3 Å². The lowest BCUT2D eigenvalue weighted by Gasteiger charge is -2.36. The van der Waals surface area contributed by atoms with Crippen molar-refractivity contribution in [2.45, 2.75) is 57.3 Å². The van der Waals surface area contributed by atoms with Crippen molar-refractivity contribution in [1.29, 1.82) is 0 Å². The maximum atomic E-state index is 14.5. The van der Waals surface area contributed by atoms with E-state index in [1.807, 2.05) is 28.9 Å². The minimum atomic E-state index is -4.50. The summed E-state index contributed by atoms with van der Waals surface area (Å²) in [5.41, 5.74) is 3.06. The lowest BCUT2D eigenvalue weighted by Crippen LogP contribution is -2.47. The predicted molar refractivity (Wildman–Crippen MR) is 183 cm³/mol. The number of alkyl halides is 3. The van der Waals surface area contributed by atoms with Gasteiger partial charge in [-0.15, -0.1) is 0 Å². The molecule has 0 bridgehead atoms. The highest BCUT2D eigenvalue weighted by Crippen LogP contribution is 2.33. The summed E-state index contributed by atoms with van der Waals surface area (Å²) in [5.74, 6) is -0.476. The highest BCUT2D eigenvalue weighted by Gasteiger charge is 2.40. The van der Waals surface area contributed by atoms with Crippen LogP contribution in [0.25, 0.3) is 11.3 Å². The van der Waals surface area contributed by atoms with Crippen LogP contribution in [0.1, 0.15) is 40.8 Å². The van der Waals surface area contributed by atoms with Crippen molar-refractivity contribution < 1.29 is 30.8 Å². The third-order valence-electron chi connectivity index (χ3n) is 9.15. The Morgan fingerprint density at radius 3 is 2.16 bits per heavy atom. The van der Waals surface area contributed by atoms with E-state index < -0.39 is 33.7 Å².